The Morgan fingerprint density at radius 1 is 1.42 bits per heavy atom. The number of aromatic nitrogens is 4. The molecule has 200 valence electrons. The number of β-lactam (4-membered cyclic amide) rings is 1. The van der Waals surface area contributed by atoms with E-state index in [-0.39, 0.29) is 35.6 Å². The first kappa shape index (κ1) is 26.0. The van der Waals surface area contributed by atoms with Crippen LogP contribution in [0.4, 0.5) is 9.52 Å². The van der Waals surface area contributed by atoms with Gasteiger partial charge in [0, 0.05) is 28.2 Å². The Kier molecular flexibility index (Phi) is 7.28. The number of thioether (sulfide) groups is 1. The van der Waals surface area contributed by atoms with E-state index in [9.17, 15) is 29.0 Å². The van der Waals surface area contributed by atoms with Crippen molar-refractivity contribution in [2.24, 2.45) is 5.16 Å². The molecule has 0 bridgehead atoms. The molecule has 3 aromatic rings. The van der Waals surface area contributed by atoms with Crippen LogP contribution in [0.5, 0.6) is 0 Å². The molecule has 0 unspecified atom stereocenters. The van der Waals surface area contributed by atoms with Crippen LogP contribution >= 0.6 is 34.6 Å². The maximum Gasteiger partial charge on any atom is 0.352 e. The molecule has 0 radical (unpaired) electrons. The number of alkyl halides is 1. The minimum Gasteiger partial charge on any atom is -0.477 e. The van der Waals surface area contributed by atoms with Crippen LogP contribution in [0.2, 0.25) is 0 Å². The van der Waals surface area contributed by atoms with Gasteiger partial charge in [-0.1, -0.05) is 16.5 Å². The molecule has 3 aromatic heterocycles. The molecule has 0 aromatic carbocycles. The van der Waals surface area contributed by atoms with Crippen LogP contribution in [0, 0.1) is 0 Å². The van der Waals surface area contributed by atoms with Crippen LogP contribution < -0.4 is 15.6 Å². The van der Waals surface area contributed by atoms with Gasteiger partial charge in [0.15, 0.2) is 5.13 Å². The van der Waals surface area contributed by atoms with E-state index in [4.69, 9.17) is 5.73 Å². The van der Waals surface area contributed by atoms with Crippen molar-refractivity contribution in [3.63, 3.8) is 0 Å². The van der Waals surface area contributed by atoms with Crippen molar-refractivity contribution >= 4 is 68.1 Å². The SMILES string of the molecule is Nc1nc(/C(=N/OCF)C(=O)N[C@@H]2C(=O)N3C(C(=O)O)=C(C[n+]4cc5sccn5c4CCO)CS[C@H]23)ns1. The number of carboxylic acid groups (broad SMARTS) is 1. The molecule has 2 aliphatic rings. The number of nitrogens with two attached hydrogens (primary N) is 1. The molecule has 5 N–H and O–H groups in total. The van der Waals surface area contributed by atoms with Crippen molar-refractivity contribution in [2.45, 2.75) is 24.4 Å². The number of nitrogens with one attached hydrogen (secondary N) is 1. The number of hydrogen-bond acceptors (Lipinski definition) is 12. The highest BCUT2D eigenvalue weighted by atomic mass is 32.2. The summed E-state index contributed by atoms with van der Waals surface area (Å²) in [6.45, 7) is -1.18. The molecule has 0 aliphatic carbocycles. The van der Waals surface area contributed by atoms with E-state index in [0.29, 0.717) is 12.0 Å². The van der Waals surface area contributed by atoms with Crippen molar-refractivity contribution < 1.29 is 38.4 Å². The second kappa shape index (κ2) is 10.6. The summed E-state index contributed by atoms with van der Waals surface area (Å²) in [4.78, 5) is 48.5. The van der Waals surface area contributed by atoms with Gasteiger partial charge in [0.1, 0.15) is 36.1 Å². The van der Waals surface area contributed by atoms with Crippen LogP contribution in [0.15, 0.2) is 34.2 Å². The molecular formula is C20H20FN8O6S3+. The van der Waals surface area contributed by atoms with E-state index in [0.717, 1.165) is 27.1 Å². The normalized spacial score (nSPS) is 19.5. The number of amides is 2. The number of carbonyl (C=O) groups excluding carboxylic acids is 2. The van der Waals surface area contributed by atoms with Gasteiger partial charge in [-0.15, -0.1) is 11.8 Å². The zero-order chi connectivity index (χ0) is 27.0. The molecule has 1 fully saturated rings. The molecule has 18 heteroatoms. The molecule has 1 saturated heterocycles. The Morgan fingerprint density at radius 2 is 2.24 bits per heavy atom. The average molecular weight is 584 g/mol. The summed E-state index contributed by atoms with van der Waals surface area (Å²) in [6.07, 6.45) is 4.11. The number of aliphatic carboxylic acids is 1. The topological polar surface area (TPSA) is 189 Å². The van der Waals surface area contributed by atoms with Gasteiger partial charge >= 0.3 is 5.97 Å². The van der Waals surface area contributed by atoms with Crippen LogP contribution in [-0.4, -0.2) is 83.0 Å². The molecule has 2 amide bonds. The number of thiazole rings is 1. The summed E-state index contributed by atoms with van der Waals surface area (Å²) in [5, 5.41) is 26.7. The Labute approximate surface area is 225 Å². The minimum atomic E-state index is -1.31. The lowest BCUT2D eigenvalue weighted by atomic mass is 10.0. The number of imidazole rings is 1. The van der Waals surface area contributed by atoms with Crippen molar-refractivity contribution in [3.8, 4) is 0 Å². The van der Waals surface area contributed by atoms with Gasteiger partial charge in [0.2, 0.25) is 16.4 Å². The van der Waals surface area contributed by atoms with Gasteiger partial charge < -0.3 is 26.1 Å². The van der Waals surface area contributed by atoms with Gasteiger partial charge in [-0.25, -0.2) is 13.8 Å². The zero-order valence-corrected chi connectivity index (χ0v) is 21.8. The predicted octanol–water partition coefficient (Wildman–Crippen LogP) is -0.657. The number of hydrogen-bond donors (Lipinski definition) is 4. The minimum absolute atomic E-state index is 0.0429. The first-order chi connectivity index (χ1) is 18.3. The second-order valence-electron chi connectivity index (χ2n) is 8.01. The lowest BCUT2D eigenvalue weighted by molar-refractivity contribution is -0.695. The first-order valence-electron chi connectivity index (χ1n) is 11.0. The standard InChI is InChI=1S/C20H19FN8O6S3/c21-8-35-25-12(15-24-20(22)38-26-15)16(31)23-13-17(32)29-14(19(33)34)9(7-37-18(13)29)5-27-6-11-28(2-4-36-11)10(27)1-3-30/h2,4,6,13,18,30H,1,3,5,7-8H2,(H3-,22,23,24,26,31,33,34)/p+1/b25-12-/t13-,18-/m1/s1. The van der Waals surface area contributed by atoms with E-state index in [1.165, 1.54) is 23.1 Å². The van der Waals surface area contributed by atoms with Crippen LogP contribution in [0.1, 0.15) is 11.6 Å². The van der Waals surface area contributed by atoms with E-state index in [1.54, 1.807) is 0 Å². The van der Waals surface area contributed by atoms with Gasteiger partial charge in [0.05, 0.1) is 13.0 Å². The van der Waals surface area contributed by atoms with Crippen molar-refractivity contribution in [2.75, 3.05) is 25.0 Å². The summed E-state index contributed by atoms with van der Waals surface area (Å²) >= 11 is 3.59. The van der Waals surface area contributed by atoms with E-state index < -0.39 is 41.8 Å². The predicted molar refractivity (Wildman–Crippen MR) is 134 cm³/mol. The fraction of sp³-hybridized carbons (Fsp3) is 0.350. The summed E-state index contributed by atoms with van der Waals surface area (Å²) in [7, 11) is 0. The lowest BCUT2D eigenvalue weighted by Crippen LogP contribution is -2.71. The molecule has 0 spiro atoms. The van der Waals surface area contributed by atoms with E-state index in [1.807, 2.05) is 26.7 Å². The van der Waals surface area contributed by atoms with Gasteiger partial charge in [-0.05, 0) is 0 Å². The maximum atomic E-state index is 13.1. The monoisotopic (exact) mass is 583 g/mol. The highest BCUT2D eigenvalue weighted by Crippen LogP contribution is 2.40. The van der Waals surface area contributed by atoms with Gasteiger partial charge in [-0.3, -0.25) is 14.5 Å². The van der Waals surface area contributed by atoms with E-state index >= 15 is 0 Å². The largest absolute Gasteiger partial charge is 0.477 e. The fourth-order valence-electron chi connectivity index (χ4n) is 4.27. The lowest BCUT2D eigenvalue weighted by Gasteiger charge is -2.49. The van der Waals surface area contributed by atoms with Crippen LogP contribution in [-0.2, 0) is 32.2 Å². The Bertz CT molecular complexity index is 1480. The molecule has 2 aliphatic heterocycles. The second-order valence-corrected chi connectivity index (χ2v) is 10.8. The van der Waals surface area contributed by atoms with Gasteiger partial charge in [0.25, 0.3) is 24.5 Å². The van der Waals surface area contributed by atoms with Crippen molar-refractivity contribution in [1.29, 1.82) is 0 Å². The number of carboxylic acids is 1. The highest BCUT2D eigenvalue weighted by Gasteiger charge is 2.54. The molecular weight excluding hydrogens is 563 g/mol. The summed E-state index contributed by atoms with van der Waals surface area (Å²) in [6, 6.07) is -1.06. The highest BCUT2D eigenvalue weighted by molar-refractivity contribution is 8.00. The average Bonchev–Trinajstić information content (AvgIpc) is 3.60. The summed E-state index contributed by atoms with van der Waals surface area (Å²) in [5.41, 5.74) is 5.44. The molecule has 5 rings (SSSR count). The molecule has 14 nitrogen and oxygen atoms in total. The van der Waals surface area contributed by atoms with Crippen LogP contribution in [0.3, 0.4) is 0 Å². The Hall–Kier alpha value is -3.61. The van der Waals surface area contributed by atoms with E-state index in [2.05, 4.69) is 24.7 Å². The molecule has 38 heavy (non-hydrogen) atoms. The van der Waals surface area contributed by atoms with Crippen molar-refractivity contribution in [1.82, 2.24) is 24.0 Å². The number of oxime groups is 1. The molecule has 0 saturated carbocycles. The number of carbonyl (C=O) groups is 3. The fourth-order valence-corrected chi connectivity index (χ4v) is 6.83. The third-order valence-corrected chi connectivity index (χ3v) is 8.50. The number of aliphatic hydroxyl groups is 1. The number of halogens is 1. The number of nitrogen functional groups attached to an aromatic ring is 1. The third-order valence-electron chi connectivity index (χ3n) is 5.82. The third kappa shape index (κ3) is 4.59. The quantitative estimate of drug-likeness (QED) is 0.103. The summed E-state index contributed by atoms with van der Waals surface area (Å²) in [5.74, 6) is -1.91. The zero-order valence-electron chi connectivity index (χ0n) is 19.3. The van der Waals surface area contributed by atoms with Crippen molar-refractivity contribution in [3.05, 3.63) is 40.7 Å². The first-order valence-corrected chi connectivity index (χ1v) is 13.7. The Balaban J connectivity index is 1.37. The number of rotatable bonds is 10. The maximum absolute atomic E-state index is 13.1. The number of aliphatic hydroxyl groups excluding tert-OH is 1. The smallest absolute Gasteiger partial charge is 0.352 e. The Morgan fingerprint density at radius 3 is 2.92 bits per heavy atom. The number of nitrogens with zero attached hydrogens (tertiary/aromatic N) is 6. The number of fused-ring (bicyclic) bond motifs is 2. The number of anilines is 1. The van der Waals surface area contributed by atoms with Gasteiger partial charge in [-0.2, -0.15) is 13.8 Å². The van der Waals surface area contributed by atoms with Crippen LogP contribution in [0.25, 0.3) is 4.83 Å². The molecule has 2 atom stereocenters. The molecule has 5 heterocycles. The summed E-state index contributed by atoms with van der Waals surface area (Å²) < 4.78 is 20.2.